The molecule has 1 aliphatic rings. The van der Waals surface area contributed by atoms with Crippen LogP contribution in [0.1, 0.15) is 36.9 Å². The lowest BCUT2D eigenvalue weighted by atomic mass is 9.95. The number of hydrogen-bond acceptors (Lipinski definition) is 6. The minimum absolute atomic E-state index is 0.0129. The molecule has 0 saturated heterocycles. The Bertz CT molecular complexity index is 1000. The SMILES string of the molecule is CC(C)C(NCC(=O)NCCc1nc2ccccc2s1)c1ccc2c(c1)OCCCO2. The number of ether oxygens (including phenoxy) is 2. The monoisotopic (exact) mass is 439 g/mol. The summed E-state index contributed by atoms with van der Waals surface area (Å²) in [4.78, 5) is 17.0. The summed E-state index contributed by atoms with van der Waals surface area (Å²) in [5, 5.41) is 7.45. The average Bonchev–Trinajstić information content (AvgIpc) is 3.02. The molecular formula is C24H29N3O3S. The van der Waals surface area contributed by atoms with Gasteiger partial charge in [-0.25, -0.2) is 4.98 Å². The molecule has 0 aliphatic carbocycles. The molecule has 4 rings (SSSR count). The summed E-state index contributed by atoms with van der Waals surface area (Å²) < 4.78 is 12.7. The number of carbonyl (C=O) groups is 1. The molecule has 1 atom stereocenters. The first kappa shape index (κ1) is 21.6. The quantitative estimate of drug-likeness (QED) is 0.553. The highest BCUT2D eigenvalue weighted by atomic mass is 32.1. The molecule has 7 heteroatoms. The first-order valence-electron chi connectivity index (χ1n) is 10.8. The number of hydrogen-bond donors (Lipinski definition) is 2. The summed E-state index contributed by atoms with van der Waals surface area (Å²) in [5.74, 6) is 1.88. The summed E-state index contributed by atoms with van der Waals surface area (Å²) in [6, 6.07) is 14.2. The highest BCUT2D eigenvalue weighted by Gasteiger charge is 2.20. The molecule has 2 aromatic carbocycles. The molecular weight excluding hydrogens is 410 g/mol. The van der Waals surface area contributed by atoms with Gasteiger partial charge in [-0.2, -0.15) is 0 Å². The number of rotatable bonds is 8. The number of thiazole rings is 1. The number of benzene rings is 2. The van der Waals surface area contributed by atoms with Gasteiger partial charge in [0.2, 0.25) is 5.91 Å². The van der Waals surface area contributed by atoms with Crippen LogP contribution in [0.3, 0.4) is 0 Å². The zero-order valence-electron chi connectivity index (χ0n) is 18.0. The molecule has 0 saturated carbocycles. The lowest BCUT2D eigenvalue weighted by molar-refractivity contribution is -0.120. The van der Waals surface area contributed by atoms with E-state index in [0.29, 0.717) is 25.7 Å². The van der Waals surface area contributed by atoms with Crippen molar-refractivity contribution in [3.63, 3.8) is 0 Å². The summed E-state index contributed by atoms with van der Waals surface area (Å²) in [6.45, 7) is 6.47. The van der Waals surface area contributed by atoms with E-state index >= 15 is 0 Å². The molecule has 31 heavy (non-hydrogen) atoms. The second kappa shape index (κ2) is 10.1. The third-order valence-corrected chi connectivity index (χ3v) is 6.38. The zero-order chi connectivity index (χ0) is 21.6. The third-order valence-electron chi connectivity index (χ3n) is 5.28. The highest BCUT2D eigenvalue weighted by molar-refractivity contribution is 7.18. The van der Waals surface area contributed by atoms with Gasteiger partial charge in [0.05, 0.1) is 35.0 Å². The number of fused-ring (bicyclic) bond motifs is 2. The van der Waals surface area contributed by atoms with Crippen LogP contribution >= 0.6 is 11.3 Å². The van der Waals surface area contributed by atoms with Gasteiger partial charge in [0.25, 0.3) is 0 Å². The van der Waals surface area contributed by atoms with Crippen LogP contribution in [0.4, 0.5) is 0 Å². The van der Waals surface area contributed by atoms with Gasteiger partial charge in [-0.05, 0) is 35.7 Å². The Morgan fingerprint density at radius 1 is 1.13 bits per heavy atom. The first-order chi connectivity index (χ1) is 15.1. The molecule has 2 heterocycles. The van der Waals surface area contributed by atoms with E-state index in [1.165, 1.54) is 4.70 Å². The van der Waals surface area contributed by atoms with E-state index < -0.39 is 0 Å². The van der Waals surface area contributed by atoms with Crippen LogP contribution in [0.25, 0.3) is 10.2 Å². The number of nitrogens with one attached hydrogen (secondary N) is 2. The van der Waals surface area contributed by atoms with Crippen LogP contribution in [-0.4, -0.2) is 37.2 Å². The molecule has 0 fully saturated rings. The maximum absolute atomic E-state index is 12.4. The van der Waals surface area contributed by atoms with Crippen molar-refractivity contribution in [1.82, 2.24) is 15.6 Å². The van der Waals surface area contributed by atoms with Crippen LogP contribution in [0.5, 0.6) is 11.5 Å². The van der Waals surface area contributed by atoms with Crippen molar-refractivity contribution >= 4 is 27.5 Å². The Labute approximate surface area is 187 Å². The van der Waals surface area contributed by atoms with E-state index in [2.05, 4.69) is 41.6 Å². The Morgan fingerprint density at radius 2 is 1.94 bits per heavy atom. The van der Waals surface area contributed by atoms with Crippen molar-refractivity contribution in [3.05, 3.63) is 53.0 Å². The van der Waals surface area contributed by atoms with Crippen LogP contribution in [0.15, 0.2) is 42.5 Å². The van der Waals surface area contributed by atoms with E-state index in [1.54, 1.807) is 11.3 Å². The standard InChI is InChI=1S/C24H29N3O3S/c1-16(2)24(17-8-9-19-20(14-17)30-13-5-12-29-19)26-15-22(28)25-11-10-23-27-18-6-3-4-7-21(18)31-23/h3-4,6-9,14,16,24,26H,5,10-13,15H2,1-2H3,(H,25,28). The molecule has 0 radical (unpaired) electrons. The zero-order valence-corrected chi connectivity index (χ0v) is 18.8. The fourth-order valence-electron chi connectivity index (χ4n) is 3.71. The fraction of sp³-hybridized carbons (Fsp3) is 0.417. The molecule has 1 aliphatic heterocycles. The van der Waals surface area contributed by atoms with Gasteiger partial charge in [-0.15, -0.1) is 11.3 Å². The van der Waals surface area contributed by atoms with Crippen molar-refractivity contribution < 1.29 is 14.3 Å². The third kappa shape index (κ3) is 5.54. The second-order valence-corrected chi connectivity index (χ2v) is 9.15. The Hall–Kier alpha value is -2.64. The number of para-hydroxylation sites is 1. The normalized spacial score (nSPS) is 14.4. The molecule has 1 aromatic heterocycles. The fourth-order valence-corrected chi connectivity index (χ4v) is 4.68. The maximum Gasteiger partial charge on any atom is 0.233 e. The van der Waals surface area contributed by atoms with Gasteiger partial charge < -0.3 is 20.1 Å². The summed E-state index contributed by atoms with van der Waals surface area (Å²) in [5.41, 5.74) is 2.12. The smallest absolute Gasteiger partial charge is 0.233 e. The lowest BCUT2D eigenvalue weighted by Crippen LogP contribution is -2.38. The van der Waals surface area contributed by atoms with Gasteiger partial charge in [0.1, 0.15) is 0 Å². The summed E-state index contributed by atoms with van der Waals surface area (Å²) >= 11 is 1.68. The highest BCUT2D eigenvalue weighted by Crippen LogP contribution is 2.34. The number of amides is 1. The summed E-state index contributed by atoms with van der Waals surface area (Å²) in [7, 11) is 0. The molecule has 0 spiro atoms. The Kier molecular flexibility index (Phi) is 7.04. The van der Waals surface area contributed by atoms with Gasteiger partial charge in [-0.3, -0.25) is 4.79 Å². The molecule has 3 aromatic rings. The van der Waals surface area contributed by atoms with E-state index in [-0.39, 0.29) is 18.5 Å². The minimum atomic E-state index is -0.0129. The minimum Gasteiger partial charge on any atom is -0.490 e. The van der Waals surface area contributed by atoms with Crippen molar-refractivity contribution in [2.24, 2.45) is 5.92 Å². The van der Waals surface area contributed by atoms with E-state index in [9.17, 15) is 4.79 Å². The van der Waals surface area contributed by atoms with Crippen LogP contribution in [0, 0.1) is 5.92 Å². The molecule has 6 nitrogen and oxygen atoms in total. The molecule has 2 N–H and O–H groups in total. The second-order valence-electron chi connectivity index (χ2n) is 8.03. The number of aromatic nitrogens is 1. The number of nitrogens with zero attached hydrogens (tertiary/aromatic N) is 1. The first-order valence-corrected chi connectivity index (χ1v) is 11.7. The van der Waals surface area contributed by atoms with Gasteiger partial charge in [0.15, 0.2) is 11.5 Å². The lowest BCUT2D eigenvalue weighted by Gasteiger charge is -2.23. The largest absolute Gasteiger partial charge is 0.490 e. The van der Waals surface area contributed by atoms with E-state index in [1.807, 2.05) is 30.3 Å². The van der Waals surface area contributed by atoms with Crippen molar-refractivity contribution in [2.45, 2.75) is 32.7 Å². The van der Waals surface area contributed by atoms with Crippen LogP contribution < -0.4 is 20.1 Å². The van der Waals surface area contributed by atoms with Crippen LogP contribution in [0.2, 0.25) is 0 Å². The van der Waals surface area contributed by atoms with Gasteiger partial charge in [0, 0.05) is 25.4 Å². The van der Waals surface area contributed by atoms with Crippen LogP contribution in [-0.2, 0) is 11.2 Å². The van der Waals surface area contributed by atoms with Crippen molar-refractivity contribution in [3.8, 4) is 11.5 Å². The molecule has 0 bridgehead atoms. The van der Waals surface area contributed by atoms with E-state index in [0.717, 1.165) is 40.4 Å². The molecule has 1 amide bonds. The summed E-state index contributed by atoms with van der Waals surface area (Å²) in [6.07, 6.45) is 1.62. The molecule has 164 valence electrons. The maximum atomic E-state index is 12.4. The Morgan fingerprint density at radius 3 is 2.74 bits per heavy atom. The van der Waals surface area contributed by atoms with Gasteiger partial charge >= 0.3 is 0 Å². The topological polar surface area (TPSA) is 72.5 Å². The average molecular weight is 440 g/mol. The Balaban J connectivity index is 1.29. The van der Waals surface area contributed by atoms with Gasteiger partial charge in [-0.1, -0.05) is 32.0 Å². The number of carbonyl (C=O) groups excluding carboxylic acids is 1. The predicted molar refractivity (Wildman–Crippen MR) is 124 cm³/mol. The molecule has 1 unspecified atom stereocenters. The van der Waals surface area contributed by atoms with Crippen molar-refractivity contribution in [1.29, 1.82) is 0 Å². The van der Waals surface area contributed by atoms with E-state index in [4.69, 9.17) is 9.47 Å². The predicted octanol–water partition coefficient (Wildman–Crippen LogP) is 4.10. The van der Waals surface area contributed by atoms with Crippen molar-refractivity contribution in [2.75, 3.05) is 26.3 Å².